The van der Waals surface area contributed by atoms with Crippen molar-refractivity contribution in [3.8, 4) is 11.5 Å². The van der Waals surface area contributed by atoms with Crippen molar-refractivity contribution >= 4 is 0 Å². The van der Waals surface area contributed by atoms with Crippen LogP contribution in [0.1, 0.15) is 31.4 Å². The predicted molar refractivity (Wildman–Crippen MR) is 67.8 cm³/mol. The monoisotopic (exact) mass is 249 g/mol. The van der Waals surface area contributed by atoms with Crippen LogP contribution in [0.25, 0.3) is 0 Å². The highest BCUT2D eigenvalue weighted by Crippen LogP contribution is 2.34. The van der Waals surface area contributed by atoms with Crippen LogP contribution in [0.2, 0.25) is 0 Å². The van der Waals surface area contributed by atoms with Crippen LogP contribution in [0.4, 0.5) is 0 Å². The van der Waals surface area contributed by atoms with E-state index in [0.29, 0.717) is 12.6 Å². The number of ether oxygens (including phenoxy) is 2. The van der Waals surface area contributed by atoms with Crippen LogP contribution in [0.5, 0.6) is 11.5 Å². The van der Waals surface area contributed by atoms with Gasteiger partial charge in [0.2, 0.25) is 6.79 Å². The summed E-state index contributed by atoms with van der Waals surface area (Å²) in [6.45, 7) is 4.28. The fourth-order valence-corrected chi connectivity index (χ4v) is 2.71. The molecule has 1 fully saturated rings. The van der Waals surface area contributed by atoms with Crippen LogP contribution in [0.3, 0.4) is 0 Å². The molecule has 1 aromatic carbocycles. The van der Waals surface area contributed by atoms with Gasteiger partial charge in [-0.2, -0.15) is 0 Å². The van der Waals surface area contributed by atoms with Gasteiger partial charge in [0, 0.05) is 12.6 Å². The molecular formula is C14H19NO3. The highest BCUT2D eigenvalue weighted by molar-refractivity contribution is 5.45. The molecule has 18 heavy (non-hydrogen) atoms. The number of benzene rings is 1. The molecule has 4 heteroatoms. The zero-order chi connectivity index (χ0) is 12.5. The van der Waals surface area contributed by atoms with Crippen LogP contribution in [0, 0.1) is 0 Å². The van der Waals surface area contributed by atoms with E-state index < -0.39 is 6.10 Å². The maximum Gasteiger partial charge on any atom is 0.231 e. The predicted octanol–water partition coefficient (Wildman–Crippen LogP) is 1.93. The van der Waals surface area contributed by atoms with Gasteiger partial charge in [-0.25, -0.2) is 0 Å². The second-order valence-corrected chi connectivity index (χ2v) is 5.11. The van der Waals surface area contributed by atoms with Crippen LogP contribution in [-0.2, 0) is 0 Å². The van der Waals surface area contributed by atoms with Gasteiger partial charge in [0.1, 0.15) is 0 Å². The molecule has 3 rings (SSSR count). The summed E-state index contributed by atoms with van der Waals surface area (Å²) >= 11 is 0. The fraction of sp³-hybridized carbons (Fsp3) is 0.571. The van der Waals surface area contributed by atoms with Gasteiger partial charge in [-0.05, 0) is 44.0 Å². The van der Waals surface area contributed by atoms with Crippen molar-refractivity contribution in [3.63, 3.8) is 0 Å². The van der Waals surface area contributed by atoms with E-state index in [2.05, 4.69) is 11.8 Å². The Morgan fingerprint density at radius 1 is 1.39 bits per heavy atom. The molecule has 4 nitrogen and oxygen atoms in total. The van der Waals surface area contributed by atoms with Gasteiger partial charge < -0.3 is 14.6 Å². The van der Waals surface area contributed by atoms with Crippen molar-refractivity contribution in [2.75, 3.05) is 19.9 Å². The number of nitrogens with zero attached hydrogens (tertiary/aromatic N) is 1. The molecule has 1 aromatic rings. The molecule has 0 saturated carbocycles. The smallest absolute Gasteiger partial charge is 0.231 e. The highest BCUT2D eigenvalue weighted by atomic mass is 16.7. The van der Waals surface area contributed by atoms with Crippen molar-refractivity contribution < 1.29 is 14.6 Å². The molecular weight excluding hydrogens is 230 g/mol. The third kappa shape index (κ3) is 2.18. The number of aliphatic hydroxyl groups is 1. The van der Waals surface area contributed by atoms with E-state index in [9.17, 15) is 5.11 Å². The van der Waals surface area contributed by atoms with Gasteiger partial charge in [0.15, 0.2) is 11.5 Å². The van der Waals surface area contributed by atoms with E-state index in [1.165, 1.54) is 12.8 Å². The van der Waals surface area contributed by atoms with Crippen molar-refractivity contribution in [1.29, 1.82) is 0 Å². The van der Waals surface area contributed by atoms with Crippen molar-refractivity contribution in [2.24, 2.45) is 0 Å². The van der Waals surface area contributed by atoms with Gasteiger partial charge in [-0.1, -0.05) is 6.07 Å². The Morgan fingerprint density at radius 3 is 3.00 bits per heavy atom. The Hall–Kier alpha value is -1.26. The lowest BCUT2D eigenvalue weighted by Crippen LogP contribution is -2.31. The summed E-state index contributed by atoms with van der Waals surface area (Å²) in [5.41, 5.74) is 0.901. The van der Waals surface area contributed by atoms with E-state index in [-0.39, 0.29) is 6.79 Å². The minimum Gasteiger partial charge on any atom is -0.454 e. The highest BCUT2D eigenvalue weighted by Gasteiger charge is 2.24. The summed E-state index contributed by atoms with van der Waals surface area (Å²) < 4.78 is 10.6. The van der Waals surface area contributed by atoms with Gasteiger partial charge in [-0.3, -0.25) is 4.90 Å². The Balaban J connectivity index is 1.70. The molecule has 2 heterocycles. The molecule has 2 atom stereocenters. The van der Waals surface area contributed by atoms with E-state index in [1.807, 2.05) is 18.2 Å². The minimum atomic E-state index is -0.458. The Bertz CT molecular complexity index is 435. The van der Waals surface area contributed by atoms with Crippen molar-refractivity contribution in [3.05, 3.63) is 23.8 Å². The molecule has 0 aliphatic carbocycles. The van der Waals surface area contributed by atoms with E-state index >= 15 is 0 Å². The second-order valence-electron chi connectivity index (χ2n) is 5.11. The first-order valence-electron chi connectivity index (χ1n) is 6.56. The summed E-state index contributed by atoms with van der Waals surface area (Å²) in [7, 11) is 0. The van der Waals surface area contributed by atoms with Crippen LogP contribution < -0.4 is 9.47 Å². The topological polar surface area (TPSA) is 41.9 Å². The molecule has 2 unspecified atom stereocenters. The average molecular weight is 249 g/mol. The first-order chi connectivity index (χ1) is 8.74. The second kappa shape index (κ2) is 4.78. The number of rotatable bonds is 3. The zero-order valence-corrected chi connectivity index (χ0v) is 10.6. The molecule has 0 spiro atoms. The normalized spacial score (nSPS) is 24.4. The summed E-state index contributed by atoms with van der Waals surface area (Å²) in [4.78, 5) is 2.34. The molecule has 0 aromatic heterocycles. The quantitative estimate of drug-likeness (QED) is 0.889. The molecule has 0 amide bonds. The van der Waals surface area contributed by atoms with Gasteiger partial charge >= 0.3 is 0 Å². The van der Waals surface area contributed by atoms with Gasteiger partial charge in [-0.15, -0.1) is 0 Å². The number of fused-ring (bicyclic) bond motifs is 1. The number of hydrogen-bond donors (Lipinski definition) is 1. The summed E-state index contributed by atoms with van der Waals surface area (Å²) in [5.74, 6) is 1.50. The van der Waals surface area contributed by atoms with E-state index in [1.54, 1.807) is 0 Å². The summed E-state index contributed by atoms with van der Waals surface area (Å²) in [6.07, 6.45) is 2.00. The van der Waals surface area contributed by atoms with E-state index in [4.69, 9.17) is 9.47 Å². The number of likely N-dealkylation sites (tertiary alicyclic amines) is 1. The van der Waals surface area contributed by atoms with Gasteiger partial charge in [0.25, 0.3) is 0 Å². The van der Waals surface area contributed by atoms with Crippen molar-refractivity contribution in [2.45, 2.75) is 31.9 Å². The third-order valence-corrected chi connectivity index (χ3v) is 3.88. The lowest BCUT2D eigenvalue weighted by Gasteiger charge is -2.24. The molecule has 1 saturated heterocycles. The molecule has 2 aliphatic rings. The molecule has 98 valence electrons. The minimum absolute atomic E-state index is 0.276. The Morgan fingerprint density at radius 2 is 2.22 bits per heavy atom. The van der Waals surface area contributed by atoms with Crippen LogP contribution >= 0.6 is 0 Å². The van der Waals surface area contributed by atoms with Crippen molar-refractivity contribution in [1.82, 2.24) is 4.90 Å². The fourth-order valence-electron chi connectivity index (χ4n) is 2.71. The Labute approximate surface area is 107 Å². The average Bonchev–Trinajstić information content (AvgIpc) is 2.98. The summed E-state index contributed by atoms with van der Waals surface area (Å²) in [5, 5.41) is 10.3. The standard InChI is InChI=1S/C14H19NO3/c1-10-3-2-6-15(10)8-12(16)11-4-5-13-14(7-11)18-9-17-13/h4-5,7,10,12,16H,2-3,6,8-9H2,1H3. The largest absolute Gasteiger partial charge is 0.454 e. The third-order valence-electron chi connectivity index (χ3n) is 3.88. The first kappa shape index (κ1) is 11.8. The Kier molecular flexibility index (Phi) is 3.14. The number of β-amino-alcohol motifs (C(OH)–C–C–N with tert-alkyl or cyclic N) is 1. The molecule has 0 bridgehead atoms. The summed E-state index contributed by atoms with van der Waals surface area (Å²) in [6, 6.07) is 6.25. The zero-order valence-electron chi connectivity index (χ0n) is 10.6. The molecule has 2 aliphatic heterocycles. The molecule has 1 N–H and O–H groups in total. The SMILES string of the molecule is CC1CCCN1CC(O)c1ccc2c(c1)OCO2. The maximum absolute atomic E-state index is 10.3. The van der Waals surface area contributed by atoms with Crippen LogP contribution in [-0.4, -0.2) is 35.9 Å². The lowest BCUT2D eigenvalue weighted by atomic mass is 10.1. The lowest BCUT2D eigenvalue weighted by molar-refractivity contribution is 0.110. The number of aliphatic hydroxyl groups excluding tert-OH is 1. The molecule has 0 radical (unpaired) electrons. The number of hydrogen-bond acceptors (Lipinski definition) is 4. The maximum atomic E-state index is 10.3. The van der Waals surface area contributed by atoms with Gasteiger partial charge in [0.05, 0.1) is 6.10 Å². The van der Waals surface area contributed by atoms with Crippen LogP contribution in [0.15, 0.2) is 18.2 Å². The van der Waals surface area contributed by atoms with E-state index in [0.717, 1.165) is 23.6 Å². The first-order valence-corrected chi connectivity index (χ1v) is 6.56.